The van der Waals surface area contributed by atoms with Gasteiger partial charge in [-0.05, 0) is 29.8 Å². The van der Waals surface area contributed by atoms with Gasteiger partial charge in [-0.3, -0.25) is 10.1 Å². The van der Waals surface area contributed by atoms with Crippen LogP contribution in [-0.4, -0.2) is 37.1 Å². The summed E-state index contributed by atoms with van der Waals surface area (Å²) < 4.78 is 71.0. The molecular formula is C17H15F3N2O5S2. The van der Waals surface area contributed by atoms with Crippen molar-refractivity contribution >= 4 is 27.5 Å². The van der Waals surface area contributed by atoms with Crippen LogP contribution in [0.25, 0.3) is 0 Å². The average Bonchev–Trinajstić information content (AvgIpc) is 3.17. The Kier molecular flexibility index (Phi) is 5.79. The van der Waals surface area contributed by atoms with Gasteiger partial charge in [0, 0.05) is 18.4 Å². The molecule has 1 fully saturated rings. The Hall–Kier alpha value is -2.31. The first-order valence-electron chi connectivity index (χ1n) is 8.18. The van der Waals surface area contributed by atoms with Crippen molar-refractivity contribution in [1.82, 2.24) is 4.31 Å². The van der Waals surface area contributed by atoms with Crippen molar-refractivity contribution in [2.24, 2.45) is 0 Å². The number of nitro benzene ring substituents is 1. The van der Waals surface area contributed by atoms with Gasteiger partial charge in [-0.2, -0.15) is 17.5 Å². The smallest absolute Gasteiger partial charge is 0.416 e. The summed E-state index contributed by atoms with van der Waals surface area (Å²) in [6.45, 7) is 0.0632. The van der Waals surface area contributed by atoms with Crippen molar-refractivity contribution < 1.29 is 31.2 Å². The Labute approximate surface area is 168 Å². The summed E-state index contributed by atoms with van der Waals surface area (Å²) in [6, 6.07) is 7.60. The van der Waals surface area contributed by atoms with Crippen molar-refractivity contribution in [1.29, 1.82) is 0 Å². The molecule has 7 nitrogen and oxygen atoms in total. The molecule has 0 bridgehead atoms. The summed E-state index contributed by atoms with van der Waals surface area (Å²) in [7, 11) is -2.98. The molecule has 29 heavy (non-hydrogen) atoms. The second-order valence-electron chi connectivity index (χ2n) is 6.05. The zero-order chi connectivity index (χ0) is 21.4. The van der Waals surface area contributed by atoms with E-state index in [0.717, 1.165) is 22.5 Å². The fourth-order valence-electron chi connectivity index (χ4n) is 2.93. The number of hydrogen-bond acceptors (Lipinski definition) is 6. The van der Waals surface area contributed by atoms with Crippen molar-refractivity contribution in [3.8, 4) is 5.75 Å². The minimum absolute atomic E-state index is 0.0223. The van der Waals surface area contributed by atoms with Crippen LogP contribution in [0.4, 0.5) is 18.9 Å². The van der Waals surface area contributed by atoms with E-state index < -0.39 is 37.0 Å². The SMILES string of the molecule is COc1ccc(C2SCCN2S(=O)(=O)c2cccc(C(F)(F)F)c2)cc1[N+](=O)[O-]. The fourth-order valence-corrected chi connectivity index (χ4v) is 6.21. The van der Waals surface area contributed by atoms with Crippen LogP contribution in [0, 0.1) is 10.1 Å². The van der Waals surface area contributed by atoms with E-state index in [-0.39, 0.29) is 18.0 Å². The Balaban J connectivity index is 2.01. The molecule has 0 aromatic heterocycles. The minimum Gasteiger partial charge on any atom is -0.490 e. The van der Waals surface area contributed by atoms with Crippen LogP contribution in [0.2, 0.25) is 0 Å². The lowest BCUT2D eigenvalue weighted by Crippen LogP contribution is -2.30. The molecule has 1 aliphatic heterocycles. The van der Waals surface area contributed by atoms with Crippen LogP contribution in [0.15, 0.2) is 47.4 Å². The van der Waals surface area contributed by atoms with Gasteiger partial charge in [-0.25, -0.2) is 8.42 Å². The van der Waals surface area contributed by atoms with Crippen LogP contribution in [0.1, 0.15) is 16.5 Å². The zero-order valence-corrected chi connectivity index (χ0v) is 16.6. The number of hydrogen-bond donors (Lipinski definition) is 0. The van der Waals surface area contributed by atoms with E-state index in [4.69, 9.17) is 4.74 Å². The summed E-state index contributed by atoms with van der Waals surface area (Å²) in [5.41, 5.74) is -1.05. The van der Waals surface area contributed by atoms with Crippen molar-refractivity contribution in [3.63, 3.8) is 0 Å². The highest BCUT2D eigenvalue weighted by molar-refractivity contribution is 8.01. The number of sulfonamides is 1. The molecule has 0 saturated carbocycles. The predicted molar refractivity (Wildman–Crippen MR) is 100 cm³/mol. The van der Waals surface area contributed by atoms with E-state index in [1.807, 2.05) is 0 Å². The Morgan fingerprint density at radius 1 is 1.24 bits per heavy atom. The van der Waals surface area contributed by atoms with Crippen molar-refractivity contribution in [2.75, 3.05) is 19.4 Å². The Morgan fingerprint density at radius 3 is 2.59 bits per heavy atom. The maximum Gasteiger partial charge on any atom is 0.416 e. The van der Waals surface area contributed by atoms with Gasteiger partial charge < -0.3 is 4.74 Å². The van der Waals surface area contributed by atoms with Crippen molar-refractivity contribution in [3.05, 3.63) is 63.7 Å². The molecule has 12 heteroatoms. The van der Waals surface area contributed by atoms with Gasteiger partial charge in [0.05, 0.1) is 27.9 Å². The first kappa shape index (κ1) is 21.4. The highest BCUT2D eigenvalue weighted by Crippen LogP contribution is 2.44. The van der Waals surface area contributed by atoms with Crippen LogP contribution in [0.3, 0.4) is 0 Å². The van der Waals surface area contributed by atoms with Crippen molar-refractivity contribution in [2.45, 2.75) is 16.4 Å². The summed E-state index contributed by atoms with van der Waals surface area (Å²) >= 11 is 1.23. The molecule has 1 saturated heterocycles. The van der Waals surface area contributed by atoms with E-state index in [2.05, 4.69) is 0 Å². The van der Waals surface area contributed by atoms with E-state index in [9.17, 15) is 31.7 Å². The monoisotopic (exact) mass is 448 g/mol. The van der Waals surface area contributed by atoms with Gasteiger partial charge in [0.25, 0.3) is 0 Å². The summed E-state index contributed by atoms with van der Waals surface area (Å²) in [5.74, 6) is 0.414. The summed E-state index contributed by atoms with van der Waals surface area (Å²) in [5, 5.41) is 10.5. The van der Waals surface area contributed by atoms with E-state index in [1.54, 1.807) is 0 Å². The fraction of sp³-hybridized carbons (Fsp3) is 0.294. The molecule has 0 N–H and O–H groups in total. The number of thioether (sulfide) groups is 1. The third-order valence-electron chi connectivity index (χ3n) is 4.30. The molecule has 0 spiro atoms. The molecule has 1 aliphatic rings. The van der Waals surface area contributed by atoms with Gasteiger partial charge in [0.2, 0.25) is 10.0 Å². The lowest BCUT2D eigenvalue weighted by molar-refractivity contribution is -0.385. The number of ether oxygens (including phenoxy) is 1. The minimum atomic E-state index is -4.68. The highest BCUT2D eigenvalue weighted by Gasteiger charge is 2.39. The molecule has 2 aromatic carbocycles. The normalized spacial score (nSPS) is 18.0. The first-order valence-corrected chi connectivity index (χ1v) is 10.7. The van der Waals surface area contributed by atoms with Gasteiger partial charge >= 0.3 is 11.9 Å². The maximum absolute atomic E-state index is 13.0. The largest absolute Gasteiger partial charge is 0.490 e. The molecule has 3 rings (SSSR count). The molecule has 0 aliphatic carbocycles. The predicted octanol–water partition coefficient (Wildman–Crippen LogP) is 4.06. The molecular weight excluding hydrogens is 433 g/mol. The van der Waals surface area contributed by atoms with Gasteiger partial charge in [0.1, 0.15) is 0 Å². The van der Waals surface area contributed by atoms with Gasteiger partial charge in [0.15, 0.2) is 5.75 Å². The Morgan fingerprint density at radius 2 is 1.97 bits per heavy atom. The van der Waals surface area contributed by atoms with Crippen LogP contribution < -0.4 is 4.74 Å². The van der Waals surface area contributed by atoms with Crippen LogP contribution >= 0.6 is 11.8 Å². The first-order chi connectivity index (χ1) is 13.6. The molecule has 1 unspecified atom stereocenters. The second-order valence-corrected chi connectivity index (χ2v) is 9.13. The molecule has 156 valence electrons. The highest BCUT2D eigenvalue weighted by atomic mass is 32.2. The lowest BCUT2D eigenvalue weighted by Gasteiger charge is -2.24. The number of benzene rings is 2. The zero-order valence-electron chi connectivity index (χ0n) is 14.9. The summed E-state index contributed by atoms with van der Waals surface area (Å²) in [6.07, 6.45) is -4.68. The van der Waals surface area contributed by atoms with Gasteiger partial charge in [-0.15, -0.1) is 11.8 Å². The van der Waals surface area contributed by atoms with Crippen LogP contribution in [-0.2, 0) is 16.2 Å². The standard InChI is InChI=1S/C17H15F3N2O5S2/c1-27-15-6-5-11(9-14(15)22(23)24)16-21(7-8-28-16)29(25,26)13-4-2-3-12(10-13)17(18,19)20/h2-6,9-10,16H,7-8H2,1H3. The molecule has 1 heterocycles. The summed E-state index contributed by atoms with van der Waals surface area (Å²) in [4.78, 5) is 10.1. The van der Waals surface area contributed by atoms with E-state index in [0.29, 0.717) is 17.4 Å². The Bertz CT molecular complexity index is 1040. The average molecular weight is 448 g/mol. The number of alkyl halides is 3. The third kappa shape index (κ3) is 4.19. The molecule has 2 aromatic rings. The quantitative estimate of drug-likeness (QED) is 0.506. The number of nitrogens with zero attached hydrogens (tertiary/aromatic N) is 2. The number of halogens is 3. The van der Waals surface area contributed by atoms with E-state index in [1.165, 1.54) is 37.1 Å². The maximum atomic E-state index is 13.0. The lowest BCUT2D eigenvalue weighted by atomic mass is 10.2. The molecule has 0 amide bonds. The van der Waals surface area contributed by atoms with E-state index >= 15 is 0 Å². The topological polar surface area (TPSA) is 89.8 Å². The number of methoxy groups -OCH3 is 1. The molecule has 0 radical (unpaired) electrons. The van der Waals surface area contributed by atoms with Crippen LogP contribution in [0.5, 0.6) is 5.75 Å². The molecule has 1 atom stereocenters. The second kappa shape index (κ2) is 7.84. The third-order valence-corrected chi connectivity index (χ3v) is 7.56. The number of rotatable bonds is 5. The van der Waals surface area contributed by atoms with Gasteiger partial charge in [-0.1, -0.05) is 12.1 Å². The number of nitro groups is 1.